The second-order valence-electron chi connectivity index (χ2n) is 6.49. The number of nitrogens with one attached hydrogen (secondary N) is 1. The lowest BCUT2D eigenvalue weighted by Gasteiger charge is -2.16. The number of hydrogen-bond donors (Lipinski definition) is 1. The summed E-state index contributed by atoms with van der Waals surface area (Å²) in [5.74, 6) is 1.03. The van der Waals surface area contributed by atoms with E-state index in [4.69, 9.17) is 16.0 Å². The smallest absolute Gasteiger partial charge is 0.247 e. The zero-order valence-corrected chi connectivity index (χ0v) is 16.0. The molecule has 0 aliphatic carbocycles. The number of nitrogens with zero attached hydrogens (tertiary/aromatic N) is 2. The van der Waals surface area contributed by atoms with Crippen LogP contribution in [0.25, 0.3) is 11.5 Å². The van der Waals surface area contributed by atoms with Gasteiger partial charge in [0.1, 0.15) is 6.04 Å². The Balaban J connectivity index is 1.57. The summed E-state index contributed by atoms with van der Waals surface area (Å²) in [5, 5.41) is 12.7. The first-order valence-corrected chi connectivity index (χ1v) is 9.59. The molecule has 0 aliphatic heterocycles. The normalized spacial score (nSPS) is 12.0. The molecule has 1 heterocycles. The van der Waals surface area contributed by atoms with Crippen molar-refractivity contribution in [2.45, 2.75) is 12.5 Å². The van der Waals surface area contributed by atoms with Crippen molar-refractivity contribution in [1.29, 1.82) is 0 Å². The third kappa shape index (κ3) is 4.47. The van der Waals surface area contributed by atoms with Crippen molar-refractivity contribution in [1.82, 2.24) is 15.5 Å². The molecule has 4 aromatic rings. The maximum Gasteiger partial charge on any atom is 0.247 e. The predicted octanol–water partition coefficient (Wildman–Crippen LogP) is 5.31. The van der Waals surface area contributed by atoms with Gasteiger partial charge in [0, 0.05) is 17.1 Å². The molecule has 0 amide bonds. The Labute approximate surface area is 169 Å². The topological polar surface area (TPSA) is 51.0 Å². The number of benzene rings is 3. The number of aromatic nitrogens is 2. The number of rotatable bonds is 7. The lowest BCUT2D eigenvalue weighted by molar-refractivity contribution is 0.440. The molecule has 3 aromatic carbocycles. The fraction of sp³-hybridized carbons (Fsp3) is 0.130. The van der Waals surface area contributed by atoms with Crippen LogP contribution in [0, 0.1) is 0 Å². The number of halogens is 1. The van der Waals surface area contributed by atoms with E-state index < -0.39 is 0 Å². The fourth-order valence-corrected chi connectivity index (χ4v) is 3.29. The Hall–Kier alpha value is -2.95. The Bertz CT molecular complexity index is 1020. The van der Waals surface area contributed by atoms with Crippen molar-refractivity contribution in [3.8, 4) is 11.5 Å². The van der Waals surface area contributed by atoms with E-state index in [-0.39, 0.29) is 6.04 Å². The highest BCUT2D eigenvalue weighted by molar-refractivity contribution is 6.30. The highest BCUT2D eigenvalue weighted by Gasteiger charge is 2.21. The van der Waals surface area contributed by atoms with E-state index in [0.717, 1.165) is 24.1 Å². The monoisotopic (exact) mass is 389 g/mol. The minimum absolute atomic E-state index is 0.229. The van der Waals surface area contributed by atoms with Crippen LogP contribution in [0.4, 0.5) is 0 Å². The van der Waals surface area contributed by atoms with Crippen LogP contribution in [0.1, 0.15) is 23.1 Å². The minimum Gasteiger partial charge on any atom is -0.419 e. The van der Waals surface area contributed by atoms with E-state index in [1.165, 1.54) is 5.56 Å². The van der Waals surface area contributed by atoms with Crippen molar-refractivity contribution in [3.63, 3.8) is 0 Å². The largest absolute Gasteiger partial charge is 0.419 e. The Morgan fingerprint density at radius 1 is 0.857 bits per heavy atom. The molecular formula is C23H20ClN3O. The second-order valence-corrected chi connectivity index (χ2v) is 6.93. The Kier molecular flexibility index (Phi) is 5.80. The Morgan fingerprint density at radius 2 is 1.61 bits per heavy atom. The molecule has 0 bridgehead atoms. The molecule has 28 heavy (non-hydrogen) atoms. The van der Waals surface area contributed by atoms with Crippen molar-refractivity contribution in [2.24, 2.45) is 0 Å². The van der Waals surface area contributed by atoms with Crippen LogP contribution in [0.15, 0.2) is 89.3 Å². The zero-order valence-electron chi connectivity index (χ0n) is 15.3. The van der Waals surface area contributed by atoms with Gasteiger partial charge in [0.15, 0.2) is 0 Å². The molecule has 1 atom stereocenters. The van der Waals surface area contributed by atoms with Crippen LogP contribution in [-0.4, -0.2) is 16.7 Å². The van der Waals surface area contributed by atoms with Gasteiger partial charge in [-0.05, 0) is 41.8 Å². The molecule has 1 aromatic heterocycles. The lowest BCUT2D eigenvalue weighted by Crippen LogP contribution is -2.25. The van der Waals surface area contributed by atoms with E-state index in [1.54, 1.807) is 0 Å². The fourth-order valence-electron chi connectivity index (χ4n) is 3.09. The third-order valence-corrected chi connectivity index (χ3v) is 4.73. The average Bonchev–Trinajstić information content (AvgIpc) is 3.22. The molecule has 4 nitrogen and oxygen atoms in total. The summed E-state index contributed by atoms with van der Waals surface area (Å²) in [6.45, 7) is 0.768. The molecule has 0 saturated carbocycles. The quantitative estimate of drug-likeness (QED) is 0.465. The third-order valence-electron chi connectivity index (χ3n) is 4.50. The minimum atomic E-state index is -0.229. The highest BCUT2D eigenvalue weighted by atomic mass is 35.5. The lowest BCUT2D eigenvalue weighted by atomic mass is 10.1. The van der Waals surface area contributed by atoms with Gasteiger partial charge in [-0.15, -0.1) is 10.2 Å². The van der Waals surface area contributed by atoms with Gasteiger partial charge in [0.2, 0.25) is 11.8 Å². The SMILES string of the molecule is Clc1cccc(C(NCCc2ccccc2)c2nnc(-c3ccccc3)o2)c1. The summed E-state index contributed by atoms with van der Waals surface area (Å²) in [7, 11) is 0. The van der Waals surface area contributed by atoms with Crippen LogP contribution in [-0.2, 0) is 6.42 Å². The molecule has 0 radical (unpaired) electrons. The molecule has 0 aliphatic rings. The van der Waals surface area contributed by atoms with Crippen molar-refractivity contribution >= 4 is 11.6 Å². The van der Waals surface area contributed by atoms with Gasteiger partial charge in [-0.3, -0.25) is 0 Å². The molecule has 140 valence electrons. The molecule has 0 saturated heterocycles. The summed E-state index contributed by atoms with van der Waals surface area (Å²) in [4.78, 5) is 0. The molecule has 1 unspecified atom stereocenters. The molecule has 0 spiro atoms. The number of hydrogen-bond acceptors (Lipinski definition) is 4. The van der Waals surface area contributed by atoms with Crippen LogP contribution in [0.3, 0.4) is 0 Å². The maximum atomic E-state index is 6.21. The molecule has 5 heteroatoms. The van der Waals surface area contributed by atoms with E-state index >= 15 is 0 Å². The van der Waals surface area contributed by atoms with Crippen LogP contribution >= 0.6 is 11.6 Å². The predicted molar refractivity (Wildman–Crippen MR) is 111 cm³/mol. The second kappa shape index (κ2) is 8.83. The summed E-state index contributed by atoms with van der Waals surface area (Å²) in [6.07, 6.45) is 0.900. The van der Waals surface area contributed by atoms with Gasteiger partial charge in [-0.2, -0.15) is 0 Å². The average molecular weight is 390 g/mol. The van der Waals surface area contributed by atoms with Crippen LogP contribution in [0.5, 0.6) is 0 Å². The summed E-state index contributed by atoms with van der Waals surface area (Å²) in [5.41, 5.74) is 3.16. The van der Waals surface area contributed by atoms with Gasteiger partial charge in [0.05, 0.1) is 0 Å². The summed E-state index contributed by atoms with van der Waals surface area (Å²) >= 11 is 6.21. The van der Waals surface area contributed by atoms with E-state index in [9.17, 15) is 0 Å². The first-order chi connectivity index (χ1) is 13.8. The molecule has 0 fully saturated rings. The highest BCUT2D eigenvalue weighted by Crippen LogP contribution is 2.26. The summed E-state index contributed by atoms with van der Waals surface area (Å²) in [6, 6.07) is 27.6. The maximum absolute atomic E-state index is 6.21. The molecular weight excluding hydrogens is 370 g/mol. The van der Waals surface area contributed by atoms with Gasteiger partial charge >= 0.3 is 0 Å². The van der Waals surface area contributed by atoms with Gasteiger partial charge < -0.3 is 9.73 Å². The van der Waals surface area contributed by atoms with Crippen LogP contribution < -0.4 is 5.32 Å². The van der Waals surface area contributed by atoms with Crippen molar-refractivity contribution in [3.05, 3.63) is 107 Å². The van der Waals surface area contributed by atoms with Crippen molar-refractivity contribution in [2.75, 3.05) is 6.54 Å². The first kappa shape index (κ1) is 18.4. The molecule has 1 N–H and O–H groups in total. The standard InChI is InChI=1S/C23H20ClN3O/c24-20-13-7-12-19(16-20)21(25-15-14-17-8-3-1-4-9-17)23-27-26-22(28-23)18-10-5-2-6-11-18/h1-13,16,21,25H,14-15H2. The zero-order chi connectivity index (χ0) is 19.2. The van der Waals surface area contributed by atoms with Crippen LogP contribution in [0.2, 0.25) is 5.02 Å². The summed E-state index contributed by atoms with van der Waals surface area (Å²) < 4.78 is 6.00. The van der Waals surface area contributed by atoms with Gasteiger partial charge in [0.25, 0.3) is 0 Å². The van der Waals surface area contributed by atoms with Crippen molar-refractivity contribution < 1.29 is 4.42 Å². The van der Waals surface area contributed by atoms with E-state index in [2.05, 4.69) is 27.6 Å². The Morgan fingerprint density at radius 3 is 2.36 bits per heavy atom. The first-order valence-electron chi connectivity index (χ1n) is 9.21. The van der Waals surface area contributed by atoms with E-state index in [1.807, 2.05) is 72.8 Å². The van der Waals surface area contributed by atoms with Gasteiger partial charge in [-0.1, -0.05) is 72.3 Å². The van der Waals surface area contributed by atoms with E-state index in [0.29, 0.717) is 16.8 Å². The molecule has 4 rings (SSSR count). The van der Waals surface area contributed by atoms with Gasteiger partial charge in [-0.25, -0.2) is 0 Å².